The average molecular weight is 489 g/mol. The smallest absolute Gasteiger partial charge is 0.265 e. The van der Waals surface area contributed by atoms with Crippen molar-refractivity contribution in [2.45, 2.75) is 4.90 Å². The standard InChI is InChI=1S/C24H20N6O4S/c1-33-19-7-9-21(34-2)22(15-19)35(31,32)29-18-5-3-16(4-6-18)20-8-10-23-26-27-24(30(23)28-20)17-11-13-25-14-12-17/h3-15,29H,1-2H3. The van der Waals surface area contributed by atoms with Gasteiger partial charge in [-0.05, 0) is 48.5 Å². The molecule has 0 radical (unpaired) electrons. The Labute approximate surface area is 201 Å². The normalized spacial score (nSPS) is 11.4. The number of ether oxygens (including phenoxy) is 2. The van der Waals surface area contributed by atoms with Crippen molar-refractivity contribution in [3.05, 3.63) is 79.1 Å². The number of hydrogen-bond donors (Lipinski definition) is 1. The van der Waals surface area contributed by atoms with Gasteiger partial charge in [-0.1, -0.05) is 12.1 Å². The molecule has 2 aromatic carbocycles. The van der Waals surface area contributed by atoms with Gasteiger partial charge in [0.15, 0.2) is 11.5 Å². The number of benzene rings is 2. The van der Waals surface area contributed by atoms with Crippen molar-refractivity contribution < 1.29 is 17.9 Å². The maximum Gasteiger partial charge on any atom is 0.265 e. The predicted octanol–water partition coefficient (Wildman–Crippen LogP) is 3.67. The van der Waals surface area contributed by atoms with Crippen molar-refractivity contribution in [2.75, 3.05) is 18.9 Å². The molecule has 10 nitrogen and oxygen atoms in total. The zero-order valence-corrected chi connectivity index (χ0v) is 19.6. The van der Waals surface area contributed by atoms with Gasteiger partial charge in [0.2, 0.25) is 0 Å². The Balaban J connectivity index is 1.43. The third kappa shape index (κ3) is 4.36. The van der Waals surface area contributed by atoms with E-state index >= 15 is 0 Å². The van der Waals surface area contributed by atoms with Crippen LogP contribution in [0.2, 0.25) is 0 Å². The molecule has 0 spiro atoms. The Bertz CT molecular complexity index is 1600. The highest BCUT2D eigenvalue weighted by molar-refractivity contribution is 7.92. The molecule has 176 valence electrons. The van der Waals surface area contributed by atoms with Crippen molar-refractivity contribution in [1.29, 1.82) is 0 Å². The van der Waals surface area contributed by atoms with E-state index in [2.05, 4.69) is 25.0 Å². The molecule has 0 saturated heterocycles. The molecule has 5 rings (SSSR count). The van der Waals surface area contributed by atoms with Crippen molar-refractivity contribution in [3.63, 3.8) is 0 Å². The number of aromatic nitrogens is 5. The van der Waals surface area contributed by atoms with Crippen LogP contribution in [-0.4, -0.2) is 47.4 Å². The summed E-state index contributed by atoms with van der Waals surface area (Å²) in [6.45, 7) is 0. The highest BCUT2D eigenvalue weighted by atomic mass is 32.2. The summed E-state index contributed by atoms with van der Waals surface area (Å²) >= 11 is 0. The molecule has 11 heteroatoms. The van der Waals surface area contributed by atoms with Crippen molar-refractivity contribution in [3.8, 4) is 34.1 Å². The van der Waals surface area contributed by atoms with E-state index in [4.69, 9.17) is 9.47 Å². The fourth-order valence-electron chi connectivity index (χ4n) is 3.54. The SMILES string of the molecule is COc1ccc(OC)c(S(=O)(=O)Nc2ccc(-c3ccc4nnc(-c5ccncc5)n4n3)cc2)c1. The molecule has 0 aliphatic rings. The molecule has 3 heterocycles. The molecule has 0 fully saturated rings. The fourth-order valence-corrected chi connectivity index (χ4v) is 4.78. The van der Waals surface area contributed by atoms with Crippen LogP contribution in [0, 0.1) is 0 Å². The van der Waals surface area contributed by atoms with Crippen LogP contribution in [-0.2, 0) is 10.0 Å². The summed E-state index contributed by atoms with van der Waals surface area (Å²) in [7, 11) is -1.04. The lowest BCUT2D eigenvalue weighted by atomic mass is 10.1. The molecule has 35 heavy (non-hydrogen) atoms. The number of anilines is 1. The number of hydrogen-bond acceptors (Lipinski definition) is 8. The van der Waals surface area contributed by atoms with Crippen LogP contribution >= 0.6 is 0 Å². The van der Waals surface area contributed by atoms with Gasteiger partial charge in [-0.15, -0.1) is 10.2 Å². The van der Waals surface area contributed by atoms with Gasteiger partial charge in [-0.25, -0.2) is 8.42 Å². The largest absolute Gasteiger partial charge is 0.497 e. The zero-order chi connectivity index (χ0) is 24.4. The van der Waals surface area contributed by atoms with Crippen molar-refractivity contribution >= 4 is 21.4 Å². The first-order valence-corrected chi connectivity index (χ1v) is 11.9. The zero-order valence-electron chi connectivity index (χ0n) is 18.8. The van der Waals surface area contributed by atoms with Gasteiger partial charge in [-0.2, -0.15) is 9.61 Å². The quantitative estimate of drug-likeness (QED) is 0.368. The Hall–Kier alpha value is -4.51. The molecule has 0 bridgehead atoms. The van der Waals surface area contributed by atoms with E-state index in [1.54, 1.807) is 53.3 Å². The molecule has 0 amide bonds. The number of fused-ring (bicyclic) bond motifs is 1. The topological polar surface area (TPSA) is 121 Å². The second kappa shape index (κ2) is 9.03. The molecule has 5 aromatic rings. The fraction of sp³-hybridized carbons (Fsp3) is 0.0833. The third-order valence-electron chi connectivity index (χ3n) is 5.29. The molecular weight excluding hydrogens is 468 g/mol. The van der Waals surface area contributed by atoms with E-state index in [1.807, 2.05) is 24.3 Å². The lowest BCUT2D eigenvalue weighted by Gasteiger charge is -2.13. The van der Waals surface area contributed by atoms with E-state index in [1.165, 1.54) is 20.3 Å². The minimum Gasteiger partial charge on any atom is -0.497 e. The minimum absolute atomic E-state index is 0.0215. The van der Waals surface area contributed by atoms with Crippen LogP contribution in [0.1, 0.15) is 0 Å². The summed E-state index contributed by atoms with van der Waals surface area (Å²) in [4.78, 5) is 4.01. The summed E-state index contributed by atoms with van der Waals surface area (Å²) in [6.07, 6.45) is 3.36. The Morgan fingerprint density at radius 1 is 0.829 bits per heavy atom. The van der Waals surface area contributed by atoms with Crippen molar-refractivity contribution in [2.24, 2.45) is 0 Å². The number of nitrogens with one attached hydrogen (secondary N) is 1. The summed E-state index contributed by atoms with van der Waals surface area (Å²) in [5.74, 6) is 1.22. The number of rotatable bonds is 7. The van der Waals surface area contributed by atoms with E-state index in [0.717, 1.165) is 11.1 Å². The molecule has 0 aliphatic heterocycles. The second-order valence-electron chi connectivity index (χ2n) is 7.45. The first-order chi connectivity index (χ1) is 17.0. The van der Waals surface area contributed by atoms with E-state index in [9.17, 15) is 8.42 Å². The van der Waals surface area contributed by atoms with E-state index < -0.39 is 10.0 Å². The van der Waals surface area contributed by atoms with Crippen LogP contribution in [0.4, 0.5) is 5.69 Å². The predicted molar refractivity (Wildman–Crippen MR) is 130 cm³/mol. The first kappa shape index (κ1) is 22.3. The van der Waals surface area contributed by atoms with Crippen LogP contribution in [0.5, 0.6) is 11.5 Å². The van der Waals surface area contributed by atoms with Crippen LogP contribution in [0.25, 0.3) is 28.3 Å². The Morgan fingerprint density at radius 2 is 1.60 bits per heavy atom. The maximum atomic E-state index is 13.0. The van der Waals surface area contributed by atoms with Crippen LogP contribution < -0.4 is 14.2 Å². The van der Waals surface area contributed by atoms with Gasteiger partial charge < -0.3 is 9.47 Å². The van der Waals surface area contributed by atoms with Crippen molar-refractivity contribution in [1.82, 2.24) is 24.8 Å². The lowest BCUT2D eigenvalue weighted by molar-refractivity contribution is 0.392. The summed E-state index contributed by atoms with van der Waals surface area (Å²) < 4.78 is 40.6. The Kier molecular flexibility index (Phi) is 5.75. The summed E-state index contributed by atoms with van der Waals surface area (Å²) in [5.41, 5.74) is 3.31. The van der Waals surface area contributed by atoms with Gasteiger partial charge in [0.25, 0.3) is 10.0 Å². The molecule has 0 aliphatic carbocycles. The van der Waals surface area contributed by atoms with Crippen LogP contribution in [0.3, 0.4) is 0 Å². The first-order valence-electron chi connectivity index (χ1n) is 10.5. The van der Waals surface area contributed by atoms with Gasteiger partial charge in [0, 0.05) is 35.3 Å². The molecule has 0 unspecified atom stereocenters. The molecule has 0 atom stereocenters. The highest BCUT2D eigenvalue weighted by Crippen LogP contribution is 2.30. The molecule has 0 saturated carbocycles. The second-order valence-corrected chi connectivity index (χ2v) is 9.10. The van der Waals surface area contributed by atoms with Crippen LogP contribution in [0.15, 0.2) is 84.0 Å². The number of pyridine rings is 1. The molecule has 3 aromatic heterocycles. The monoisotopic (exact) mass is 488 g/mol. The van der Waals surface area contributed by atoms with Gasteiger partial charge >= 0.3 is 0 Å². The van der Waals surface area contributed by atoms with Gasteiger partial charge in [-0.3, -0.25) is 9.71 Å². The number of sulfonamides is 1. The van der Waals surface area contributed by atoms with Gasteiger partial charge in [0.05, 0.1) is 19.9 Å². The molecular formula is C24H20N6O4S. The minimum atomic E-state index is -3.92. The van der Waals surface area contributed by atoms with E-state index in [0.29, 0.717) is 28.6 Å². The summed E-state index contributed by atoms with van der Waals surface area (Å²) in [5, 5.41) is 13.1. The maximum absolute atomic E-state index is 13.0. The Morgan fingerprint density at radius 3 is 2.31 bits per heavy atom. The van der Waals surface area contributed by atoms with Gasteiger partial charge in [0.1, 0.15) is 16.4 Å². The average Bonchev–Trinajstić information content (AvgIpc) is 3.32. The number of nitrogens with zero attached hydrogens (tertiary/aromatic N) is 5. The molecule has 1 N–H and O–H groups in total. The lowest BCUT2D eigenvalue weighted by Crippen LogP contribution is -2.14. The summed E-state index contributed by atoms with van der Waals surface area (Å²) in [6, 6.07) is 18.8. The highest BCUT2D eigenvalue weighted by Gasteiger charge is 2.21. The van der Waals surface area contributed by atoms with E-state index in [-0.39, 0.29) is 10.6 Å². The third-order valence-corrected chi connectivity index (χ3v) is 6.70. The number of methoxy groups -OCH3 is 2.